The average molecular weight is 426 g/mol. The Hall–Kier alpha value is -3.16. The molecule has 0 radical (unpaired) electrons. The van der Waals surface area contributed by atoms with Crippen molar-refractivity contribution in [3.8, 4) is 11.3 Å². The normalized spacial score (nSPS) is 10.8. The van der Waals surface area contributed by atoms with Gasteiger partial charge in [-0.15, -0.1) is 11.3 Å². The third-order valence-electron chi connectivity index (χ3n) is 4.41. The highest BCUT2D eigenvalue weighted by atomic mass is 35.5. The van der Waals surface area contributed by atoms with Gasteiger partial charge in [0, 0.05) is 33.1 Å². The van der Waals surface area contributed by atoms with E-state index in [4.69, 9.17) is 16.3 Å². The van der Waals surface area contributed by atoms with Crippen molar-refractivity contribution in [3.63, 3.8) is 0 Å². The molecule has 29 heavy (non-hydrogen) atoms. The van der Waals surface area contributed by atoms with Gasteiger partial charge in [0.1, 0.15) is 6.54 Å². The lowest BCUT2D eigenvalue weighted by Crippen LogP contribution is -2.18. The first-order valence-electron chi connectivity index (χ1n) is 8.73. The van der Waals surface area contributed by atoms with Crippen LogP contribution in [0, 0.1) is 0 Å². The Morgan fingerprint density at radius 1 is 1.17 bits per heavy atom. The van der Waals surface area contributed by atoms with Gasteiger partial charge in [-0.05, 0) is 12.1 Å². The Balaban J connectivity index is 1.54. The molecule has 2 aromatic carbocycles. The lowest BCUT2D eigenvalue weighted by Gasteiger charge is -2.05. The second-order valence-electron chi connectivity index (χ2n) is 6.25. The van der Waals surface area contributed by atoms with Gasteiger partial charge in [-0.25, -0.2) is 9.78 Å². The highest BCUT2D eigenvalue weighted by Crippen LogP contribution is 2.30. The van der Waals surface area contributed by atoms with Gasteiger partial charge < -0.3 is 14.6 Å². The number of benzene rings is 2. The van der Waals surface area contributed by atoms with Crippen molar-refractivity contribution in [2.45, 2.75) is 6.54 Å². The molecule has 0 unspecified atom stereocenters. The molecule has 0 atom stereocenters. The fourth-order valence-corrected chi connectivity index (χ4v) is 4.05. The Labute approximate surface area is 175 Å². The van der Waals surface area contributed by atoms with Crippen LogP contribution in [0.4, 0.5) is 5.13 Å². The number of thiazole rings is 1. The minimum atomic E-state index is -0.440. The summed E-state index contributed by atoms with van der Waals surface area (Å²) in [6, 6.07) is 14.8. The number of carbonyl (C=O) groups excluding carboxylic acids is 2. The third kappa shape index (κ3) is 3.87. The molecule has 4 rings (SSSR count). The van der Waals surface area contributed by atoms with E-state index < -0.39 is 5.97 Å². The van der Waals surface area contributed by atoms with Gasteiger partial charge in [-0.3, -0.25) is 4.79 Å². The van der Waals surface area contributed by atoms with Crippen molar-refractivity contribution in [1.82, 2.24) is 9.55 Å². The number of para-hydroxylation sites is 1. The van der Waals surface area contributed by atoms with E-state index in [1.807, 2.05) is 47.8 Å². The van der Waals surface area contributed by atoms with Crippen LogP contribution in [-0.2, 0) is 16.1 Å². The Morgan fingerprint density at radius 3 is 2.72 bits per heavy atom. The molecule has 1 amide bonds. The van der Waals surface area contributed by atoms with Gasteiger partial charge in [0.2, 0.25) is 5.91 Å². The van der Waals surface area contributed by atoms with Gasteiger partial charge >= 0.3 is 5.97 Å². The highest BCUT2D eigenvalue weighted by molar-refractivity contribution is 7.14. The number of hydrogen-bond donors (Lipinski definition) is 1. The van der Waals surface area contributed by atoms with Gasteiger partial charge in [-0.1, -0.05) is 48.0 Å². The number of hydrogen-bond acceptors (Lipinski definition) is 5. The number of halogens is 1. The van der Waals surface area contributed by atoms with Gasteiger partial charge in [0.25, 0.3) is 0 Å². The summed E-state index contributed by atoms with van der Waals surface area (Å²) in [5.74, 6) is -0.688. The van der Waals surface area contributed by atoms with Crippen molar-refractivity contribution in [2.24, 2.45) is 0 Å². The number of ether oxygens (including phenoxy) is 1. The number of nitrogens with one attached hydrogen (secondary N) is 1. The molecule has 6 nitrogen and oxygen atoms in total. The number of methoxy groups -OCH3 is 1. The minimum absolute atomic E-state index is 0.0402. The van der Waals surface area contributed by atoms with Crippen LogP contribution >= 0.6 is 22.9 Å². The topological polar surface area (TPSA) is 73.2 Å². The number of fused-ring (bicyclic) bond motifs is 1. The Morgan fingerprint density at radius 2 is 1.93 bits per heavy atom. The van der Waals surface area contributed by atoms with Crippen LogP contribution in [0.1, 0.15) is 10.4 Å². The lowest BCUT2D eigenvalue weighted by atomic mass is 10.2. The van der Waals surface area contributed by atoms with E-state index in [1.165, 1.54) is 18.4 Å². The molecule has 4 aromatic rings. The number of amides is 1. The van der Waals surface area contributed by atoms with Gasteiger partial charge in [0.15, 0.2) is 5.13 Å². The first kappa shape index (κ1) is 19.2. The number of anilines is 1. The molecule has 0 aliphatic heterocycles. The van der Waals surface area contributed by atoms with E-state index in [2.05, 4.69) is 10.3 Å². The molecule has 0 saturated heterocycles. The van der Waals surface area contributed by atoms with Crippen LogP contribution < -0.4 is 5.32 Å². The molecule has 0 bridgehead atoms. The second-order valence-corrected chi connectivity index (χ2v) is 7.51. The number of esters is 1. The summed E-state index contributed by atoms with van der Waals surface area (Å²) in [7, 11) is 1.33. The molecule has 146 valence electrons. The van der Waals surface area contributed by atoms with Gasteiger partial charge in [-0.2, -0.15) is 0 Å². The number of nitrogens with zero attached hydrogens (tertiary/aromatic N) is 2. The molecule has 2 aromatic heterocycles. The molecular weight excluding hydrogens is 410 g/mol. The molecule has 0 aliphatic rings. The minimum Gasteiger partial charge on any atom is -0.465 e. The molecule has 0 saturated carbocycles. The van der Waals surface area contributed by atoms with Crippen LogP contribution in [0.5, 0.6) is 0 Å². The summed E-state index contributed by atoms with van der Waals surface area (Å²) in [5, 5.41) is 6.47. The average Bonchev–Trinajstić information content (AvgIpc) is 3.33. The first-order valence-corrected chi connectivity index (χ1v) is 9.99. The second kappa shape index (κ2) is 8.06. The van der Waals surface area contributed by atoms with Crippen molar-refractivity contribution >= 4 is 50.8 Å². The summed E-state index contributed by atoms with van der Waals surface area (Å²) in [6.07, 6.45) is 1.63. The molecular formula is C21H16ClN3O3S. The monoisotopic (exact) mass is 425 g/mol. The quantitative estimate of drug-likeness (QED) is 0.464. The van der Waals surface area contributed by atoms with Crippen molar-refractivity contribution < 1.29 is 14.3 Å². The maximum atomic E-state index is 12.6. The van der Waals surface area contributed by atoms with Gasteiger partial charge in [0.05, 0.1) is 18.4 Å². The van der Waals surface area contributed by atoms with Crippen molar-refractivity contribution in [3.05, 3.63) is 70.7 Å². The van der Waals surface area contributed by atoms with Crippen LogP contribution in [0.15, 0.2) is 60.1 Å². The lowest BCUT2D eigenvalue weighted by molar-refractivity contribution is -0.116. The van der Waals surface area contributed by atoms with E-state index in [0.29, 0.717) is 21.4 Å². The molecule has 1 N–H and O–H groups in total. The van der Waals surface area contributed by atoms with E-state index in [1.54, 1.807) is 16.8 Å². The maximum Gasteiger partial charge on any atom is 0.340 e. The molecule has 2 heterocycles. The maximum absolute atomic E-state index is 12.6. The summed E-state index contributed by atoms with van der Waals surface area (Å²) < 4.78 is 6.56. The number of carbonyl (C=O) groups is 2. The van der Waals surface area contributed by atoms with Crippen LogP contribution in [0.2, 0.25) is 5.02 Å². The largest absolute Gasteiger partial charge is 0.465 e. The third-order valence-corrected chi connectivity index (χ3v) is 5.50. The molecule has 0 spiro atoms. The van der Waals surface area contributed by atoms with Crippen LogP contribution in [-0.4, -0.2) is 28.5 Å². The smallest absolute Gasteiger partial charge is 0.340 e. The van der Waals surface area contributed by atoms with Crippen LogP contribution in [0.25, 0.3) is 22.2 Å². The predicted molar refractivity (Wildman–Crippen MR) is 114 cm³/mol. The molecule has 0 aliphatic carbocycles. The summed E-state index contributed by atoms with van der Waals surface area (Å²) in [4.78, 5) is 29.1. The van der Waals surface area contributed by atoms with E-state index in [9.17, 15) is 9.59 Å². The molecule has 8 heteroatoms. The predicted octanol–water partition coefficient (Wildman–Crippen LogP) is 4.84. The zero-order chi connectivity index (χ0) is 20.4. The summed E-state index contributed by atoms with van der Waals surface area (Å²) in [6.45, 7) is 0.0402. The zero-order valence-electron chi connectivity index (χ0n) is 15.4. The van der Waals surface area contributed by atoms with Crippen molar-refractivity contribution in [1.29, 1.82) is 0 Å². The van der Waals surface area contributed by atoms with E-state index in [-0.39, 0.29) is 12.5 Å². The SMILES string of the molecule is COC(=O)c1cn(CC(=O)Nc2nc(-c3ccccc3Cl)cs2)c2ccccc12. The van der Waals surface area contributed by atoms with Crippen molar-refractivity contribution in [2.75, 3.05) is 12.4 Å². The zero-order valence-corrected chi connectivity index (χ0v) is 17.0. The van der Waals surface area contributed by atoms with E-state index in [0.717, 1.165) is 16.5 Å². The summed E-state index contributed by atoms with van der Waals surface area (Å²) >= 11 is 7.54. The number of aromatic nitrogens is 2. The standard InChI is InChI=1S/C21H16ClN3O3S/c1-28-20(27)15-10-25(18-9-5-3-6-13(15)18)11-19(26)24-21-23-17(12-29-21)14-7-2-4-8-16(14)22/h2-10,12H,11H2,1H3,(H,23,24,26). The fraction of sp³-hybridized carbons (Fsp3) is 0.0952. The Bertz CT molecular complexity index is 1210. The summed E-state index contributed by atoms with van der Waals surface area (Å²) in [5.41, 5.74) is 2.71. The van der Waals surface area contributed by atoms with Crippen LogP contribution in [0.3, 0.4) is 0 Å². The highest BCUT2D eigenvalue weighted by Gasteiger charge is 2.17. The first-order chi connectivity index (χ1) is 14.1. The fourth-order valence-electron chi connectivity index (χ4n) is 3.09. The Kier molecular flexibility index (Phi) is 5.33. The van der Waals surface area contributed by atoms with E-state index >= 15 is 0 Å². The molecule has 0 fully saturated rings. The number of rotatable bonds is 5.